The topological polar surface area (TPSA) is 21.6 Å². The van der Waals surface area contributed by atoms with E-state index in [-0.39, 0.29) is 0 Å². The quantitative estimate of drug-likeness (QED) is 0.832. The van der Waals surface area contributed by atoms with Gasteiger partial charge < -0.3 is 4.74 Å². The van der Waals surface area contributed by atoms with Crippen LogP contribution in [0, 0.1) is 5.92 Å². The van der Waals surface area contributed by atoms with Gasteiger partial charge in [-0.1, -0.05) is 41.9 Å². The van der Waals surface area contributed by atoms with E-state index < -0.39 is 0 Å². The molecule has 1 aromatic rings. The first-order valence-corrected chi connectivity index (χ1v) is 6.38. The zero-order valence-electron chi connectivity index (χ0n) is 9.61. The average Bonchev–Trinajstić information content (AvgIpc) is 2.66. The lowest BCUT2D eigenvalue weighted by Gasteiger charge is -2.06. The van der Waals surface area contributed by atoms with E-state index in [4.69, 9.17) is 4.74 Å². The highest BCUT2D eigenvalue weighted by Gasteiger charge is 2.21. The summed E-state index contributed by atoms with van der Waals surface area (Å²) < 4.78 is 6.71. The molecule has 2 nitrogen and oxygen atoms in total. The Morgan fingerprint density at radius 1 is 1.50 bits per heavy atom. The van der Waals surface area contributed by atoms with E-state index in [2.05, 4.69) is 46.9 Å². The van der Waals surface area contributed by atoms with Gasteiger partial charge in [-0.2, -0.15) is 0 Å². The van der Waals surface area contributed by atoms with Crippen LogP contribution in [0.15, 0.2) is 33.7 Å². The van der Waals surface area contributed by atoms with Crippen molar-refractivity contribution in [2.75, 3.05) is 6.61 Å². The van der Waals surface area contributed by atoms with E-state index in [9.17, 15) is 0 Å². The second-order valence-electron chi connectivity index (χ2n) is 4.45. The number of ether oxygens (including phenoxy) is 1. The Bertz CT molecular complexity index is 401. The molecule has 0 saturated heterocycles. The number of benzene rings is 1. The zero-order chi connectivity index (χ0) is 11.5. The normalized spacial score (nSPS) is 19.8. The number of rotatable bonds is 3. The van der Waals surface area contributed by atoms with Crippen LogP contribution in [0.1, 0.15) is 19.4 Å². The summed E-state index contributed by atoms with van der Waals surface area (Å²) in [6.45, 7) is 5.10. The van der Waals surface area contributed by atoms with Crippen LogP contribution >= 0.6 is 15.9 Å². The molecule has 0 aromatic heterocycles. The van der Waals surface area contributed by atoms with Crippen LogP contribution in [-0.2, 0) is 11.2 Å². The summed E-state index contributed by atoms with van der Waals surface area (Å²) in [7, 11) is 0. The predicted octanol–water partition coefficient (Wildman–Crippen LogP) is 3.44. The highest BCUT2D eigenvalue weighted by molar-refractivity contribution is 9.10. The molecule has 86 valence electrons. The standard InChI is InChI=1S/C13H16BrNO/c1-9(2)12-8-16-13(15-12)7-10-4-3-5-11(14)6-10/h3-6,9,12H,7-8H2,1-2H3. The Kier molecular flexibility index (Phi) is 3.64. The first kappa shape index (κ1) is 11.6. The summed E-state index contributed by atoms with van der Waals surface area (Å²) in [5, 5.41) is 0. The Balaban J connectivity index is 2.03. The molecule has 1 heterocycles. The summed E-state index contributed by atoms with van der Waals surface area (Å²) in [6, 6.07) is 8.60. The minimum absolute atomic E-state index is 0.335. The van der Waals surface area contributed by atoms with Gasteiger partial charge in [-0.15, -0.1) is 0 Å². The lowest BCUT2D eigenvalue weighted by molar-refractivity contribution is 0.287. The van der Waals surface area contributed by atoms with Crippen molar-refractivity contribution in [2.45, 2.75) is 26.3 Å². The summed E-state index contributed by atoms with van der Waals surface area (Å²) >= 11 is 3.47. The Morgan fingerprint density at radius 2 is 2.31 bits per heavy atom. The molecule has 0 fully saturated rings. The number of halogens is 1. The van der Waals surface area contributed by atoms with Crippen LogP contribution in [-0.4, -0.2) is 18.5 Å². The third kappa shape index (κ3) is 2.85. The summed E-state index contributed by atoms with van der Waals surface area (Å²) in [6.07, 6.45) is 0.794. The van der Waals surface area contributed by atoms with E-state index >= 15 is 0 Å². The maximum atomic E-state index is 5.61. The van der Waals surface area contributed by atoms with Gasteiger partial charge in [-0.25, -0.2) is 4.99 Å². The second-order valence-corrected chi connectivity index (χ2v) is 5.37. The lowest BCUT2D eigenvalue weighted by atomic mass is 10.1. The van der Waals surface area contributed by atoms with E-state index in [1.54, 1.807) is 0 Å². The van der Waals surface area contributed by atoms with Crippen molar-refractivity contribution in [3.8, 4) is 0 Å². The van der Waals surface area contributed by atoms with Crippen molar-refractivity contribution >= 4 is 21.8 Å². The van der Waals surface area contributed by atoms with Crippen LogP contribution in [0.3, 0.4) is 0 Å². The van der Waals surface area contributed by atoms with Gasteiger partial charge in [-0.05, 0) is 23.6 Å². The molecule has 1 aliphatic rings. The van der Waals surface area contributed by atoms with Crippen LogP contribution in [0.5, 0.6) is 0 Å². The lowest BCUT2D eigenvalue weighted by Crippen LogP contribution is -2.13. The number of aliphatic imine (C=N–C) groups is 1. The predicted molar refractivity (Wildman–Crippen MR) is 69.9 cm³/mol. The monoisotopic (exact) mass is 281 g/mol. The zero-order valence-corrected chi connectivity index (χ0v) is 11.2. The molecule has 16 heavy (non-hydrogen) atoms. The average molecular weight is 282 g/mol. The molecule has 1 aromatic carbocycles. The maximum Gasteiger partial charge on any atom is 0.188 e. The fourth-order valence-electron chi connectivity index (χ4n) is 1.70. The molecule has 0 saturated carbocycles. The second kappa shape index (κ2) is 5.00. The van der Waals surface area contributed by atoms with Crippen molar-refractivity contribution in [1.29, 1.82) is 0 Å². The van der Waals surface area contributed by atoms with Crippen LogP contribution in [0.25, 0.3) is 0 Å². The first-order valence-electron chi connectivity index (χ1n) is 5.59. The summed E-state index contributed by atoms with van der Waals surface area (Å²) in [5.74, 6) is 1.43. The molecule has 0 radical (unpaired) electrons. The van der Waals surface area contributed by atoms with Gasteiger partial charge in [0.15, 0.2) is 5.90 Å². The molecule has 1 aliphatic heterocycles. The molecule has 3 heteroatoms. The van der Waals surface area contributed by atoms with Crippen molar-refractivity contribution in [3.63, 3.8) is 0 Å². The van der Waals surface area contributed by atoms with E-state index in [1.807, 2.05) is 12.1 Å². The van der Waals surface area contributed by atoms with Gasteiger partial charge in [-0.3, -0.25) is 0 Å². The molecular formula is C13H16BrNO. The van der Waals surface area contributed by atoms with Crippen LogP contribution in [0.2, 0.25) is 0 Å². The highest BCUT2D eigenvalue weighted by atomic mass is 79.9. The van der Waals surface area contributed by atoms with Gasteiger partial charge in [0.05, 0.1) is 6.04 Å². The maximum absolute atomic E-state index is 5.61. The minimum Gasteiger partial charge on any atom is -0.478 e. The van der Waals surface area contributed by atoms with Crippen molar-refractivity contribution < 1.29 is 4.74 Å². The van der Waals surface area contributed by atoms with E-state index in [0.717, 1.165) is 23.4 Å². The smallest absolute Gasteiger partial charge is 0.188 e. The largest absolute Gasteiger partial charge is 0.478 e. The number of nitrogens with zero attached hydrogens (tertiary/aromatic N) is 1. The van der Waals surface area contributed by atoms with Gasteiger partial charge >= 0.3 is 0 Å². The Morgan fingerprint density at radius 3 is 2.94 bits per heavy atom. The van der Waals surface area contributed by atoms with Gasteiger partial charge in [0.2, 0.25) is 0 Å². The molecule has 1 atom stereocenters. The van der Waals surface area contributed by atoms with Crippen molar-refractivity contribution in [2.24, 2.45) is 10.9 Å². The molecule has 0 bridgehead atoms. The molecule has 0 N–H and O–H groups in total. The van der Waals surface area contributed by atoms with E-state index in [1.165, 1.54) is 5.56 Å². The molecule has 1 unspecified atom stereocenters. The SMILES string of the molecule is CC(C)C1COC(Cc2cccc(Br)c2)=N1. The van der Waals surface area contributed by atoms with Crippen LogP contribution < -0.4 is 0 Å². The number of hydrogen-bond acceptors (Lipinski definition) is 2. The molecular weight excluding hydrogens is 266 g/mol. The van der Waals surface area contributed by atoms with Crippen molar-refractivity contribution in [3.05, 3.63) is 34.3 Å². The van der Waals surface area contributed by atoms with E-state index in [0.29, 0.717) is 12.0 Å². The first-order chi connectivity index (χ1) is 7.65. The molecule has 2 rings (SSSR count). The van der Waals surface area contributed by atoms with Gasteiger partial charge in [0, 0.05) is 10.9 Å². The molecule has 0 aliphatic carbocycles. The fourth-order valence-corrected chi connectivity index (χ4v) is 2.15. The van der Waals surface area contributed by atoms with Gasteiger partial charge in [0.1, 0.15) is 6.61 Å². The molecule has 0 amide bonds. The summed E-state index contributed by atoms with van der Waals surface area (Å²) in [5.41, 5.74) is 1.23. The highest BCUT2D eigenvalue weighted by Crippen LogP contribution is 2.17. The summed E-state index contributed by atoms with van der Waals surface area (Å²) in [4.78, 5) is 4.59. The fraction of sp³-hybridized carbons (Fsp3) is 0.462. The third-order valence-electron chi connectivity index (χ3n) is 2.74. The van der Waals surface area contributed by atoms with Crippen molar-refractivity contribution in [1.82, 2.24) is 0 Å². The van der Waals surface area contributed by atoms with Crippen LogP contribution in [0.4, 0.5) is 0 Å². The Labute approximate surface area is 105 Å². The minimum atomic E-state index is 0.335. The molecule has 0 spiro atoms. The number of hydrogen-bond donors (Lipinski definition) is 0. The Hall–Kier alpha value is -0.830. The third-order valence-corrected chi connectivity index (χ3v) is 3.24. The van der Waals surface area contributed by atoms with Gasteiger partial charge in [0.25, 0.3) is 0 Å².